The van der Waals surface area contributed by atoms with Crippen LogP contribution in [0.3, 0.4) is 0 Å². The van der Waals surface area contributed by atoms with Gasteiger partial charge in [0.05, 0.1) is 24.8 Å². The number of unbranched alkanes of at least 4 members (excludes halogenated alkanes) is 2. The van der Waals surface area contributed by atoms with Gasteiger partial charge in [-0.3, -0.25) is 10.0 Å². The molecule has 0 saturated carbocycles. The van der Waals surface area contributed by atoms with Gasteiger partial charge in [0.1, 0.15) is 5.69 Å². The number of aliphatic hydroxyl groups excluding tert-OH is 1. The standard InChI is InChI=1S/C27H27N3O5/c1-34-26-24(27(32)30-33)21-7-3-4-8-22(21)29-25(26)19-11-9-18(10-12-19)20-13-14-23(28-17-20)35-16-6-2-5-15-31/h3-4,7-14,17,31,33H,2,5-6,15-16H2,1H3,(H,30,32). The van der Waals surface area contributed by atoms with Crippen molar-refractivity contribution in [1.82, 2.24) is 15.4 Å². The summed E-state index contributed by atoms with van der Waals surface area (Å²) >= 11 is 0. The van der Waals surface area contributed by atoms with Crippen molar-refractivity contribution in [3.05, 3.63) is 72.4 Å². The molecular formula is C27H27N3O5. The lowest BCUT2D eigenvalue weighted by Crippen LogP contribution is -2.20. The maximum Gasteiger partial charge on any atom is 0.279 e. The van der Waals surface area contributed by atoms with Crippen LogP contribution in [0.15, 0.2) is 66.9 Å². The van der Waals surface area contributed by atoms with Crippen molar-refractivity contribution >= 4 is 16.8 Å². The number of fused-ring (bicyclic) bond motifs is 1. The number of ether oxygens (including phenoxy) is 2. The molecule has 0 bridgehead atoms. The summed E-state index contributed by atoms with van der Waals surface area (Å²) in [5.41, 5.74) is 5.70. The summed E-state index contributed by atoms with van der Waals surface area (Å²) in [6, 6.07) is 18.7. The Balaban J connectivity index is 1.59. The lowest BCUT2D eigenvalue weighted by atomic mass is 10.00. The Labute approximate surface area is 203 Å². The van der Waals surface area contributed by atoms with Crippen LogP contribution < -0.4 is 15.0 Å². The van der Waals surface area contributed by atoms with Crippen LogP contribution in [0, 0.1) is 0 Å². The highest BCUT2D eigenvalue weighted by Crippen LogP contribution is 2.37. The van der Waals surface area contributed by atoms with Gasteiger partial charge in [-0.05, 0) is 37.0 Å². The van der Waals surface area contributed by atoms with Crippen molar-refractivity contribution in [2.45, 2.75) is 19.3 Å². The number of methoxy groups -OCH3 is 1. The summed E-state index contributed by atoms with van der Waals surface area (Å²) in [5.74, 6) is 0.180. The van der Waals surface area contributed by atoms with E-state index in [0.29, 0.717) is 29.1 Å². The number of amides is 1. The van der Waals surface area contributed by atoms with Gasteiger partial charge in [-0.15, -0.1) is 0 Å². The number of nitrogens with one attached hydrogen (secondary N) is 1. The third-order valence-electron chi connectivity index (χ3n) is 5.66. The van der Waals surface area contributed by atoms with E-state index in [0.717, 1.165) is 36.0 Å². The molecule has 2 heterocycles. The molecular weight excluding hydrogens is 446 g/mol. The van der Waals surface area contributed by atoms with Gasteiger partial charge in [-0.1, -0.05) is 42.5 Å². The molecule has 4 aromatic rings. The molecule has 1 amide bonds. The van der Waals surface area contributed by atoms with Crippen molar-refractivity contribution in [2.75, 3.05) is 20.3 Å². The smallest absolute Gasteiger partial charge is 0.279 e. The van der Waals surface area contributed by atoms with E-state index in [1.807, 2.05) is 48.5 Å². The number of hydroxylamine groups is 1. The summed E-state index contributed by atoms with van der Waals surface area (Å²) < 4.78 is 11.2. The Morgan fingerprint density at radius 1 is 0.943 bits per heavy atom. The van der Waals surface area contributed by atoms with Crippen LogP contribution in [0.5, 0.6) is 11.6 Å². The van der Waals surface area contributed by atoms with Crippen LogP contribution in [0.1, 0.15) is 29.6 Å². The van der Waals surface area contributed by atoms with E-state index < -0.39 is 5.91 Å². The van der Waals surface area contributed by atoms with Crippen molar-refractivity contribution in [3.8, 4) is 34.0 Å². The van der Waals surface area contributed by atoms with Crippen LogP contribution in [0.4, 0.5) is 0 Å². The number of aromatic nitrogens is 2. The largest absolute Gasteiger partial charge is 0.494 e. The van der Waals surface area contributed by atoms with Crippen LogP contribution in [0.2, 0.25) is 0 Å². The Kier molecular flexibility index (Phi) is 7.87. The number of benzene rings is 2. The highest BCUT2D eigenvalue weighted by Gasteiger charge is 2.22. The Hall–Kier alpha value is -4.01. The molecule has 8 nitrogen and oxygen atoms in total. The molecule has 0 spiro atoms. The zero-order valence-electron chi connectivity index (χ0n) is 19.4. The lowest BCUT2D eigenvalue weighted by Gasteiger charge is -2.15. The van der Waals surface area contributed by atoms with E-state index in [-0.39, 0.29) is 17.9 Å². The summed E-state index contributed by atoms with van der Waals surface area (Å²) in [5, 5.41) is 18.7. The minimum absolute atomic E-state index is 0.203. The first-order chi connectivity index (χ1) is 17.2. The predicted molar refractivity (Wildman–Crippen MR) is 133 cm³/mol. The molecule has 0 fully saturated rings. The molecule has 0 atom stereocenters. The summed E-state index contributed by atoms with van der Waals surface area (Å²) in [6.45, 7) is 0.770. The number of pyridine rings is 2. The number of para-hydroxylation sites is 1. The predicted octanol–water partition coefficient (Wildman–Crippen LogP) is 4.63. The average molecular weight is 474 g/mol. The molecule has 2 aromatic carbocycles. The van der Waals surface area contributed by atoms with Gasteiger partial charge in [-0.2, -0.15) is 0 Å². The summed E-state index contributed by atoms with van der Waals surface area (Å²) in [4.78, 5) is 21.6. The van der Waals surface area contributed by atoms with Crippen LogP contribution in [-0.4, -0.2) is 46.5 Å². The zero-order valence-corrected chi connectivity index (χ0v) is 19.4. The lowest BCUT2D eigenvalue weighted by molar-refractivity contribution is 0.0705. The number of carbonyl (C=O) groups excluding carboxylic acids is 1. The molecule has 0 unspecified atom stereocenters. The topological polar surface area (TPSA) is 114 Å². The molecule has 0 saturated heterocycles. The zero-order chi connectivity index (χ0) is 24.6. The molecule has 35 heavy (non-hydrogen) atoms. The second-order valence-corrected chi connectivity index (χ2v) is 7.92. The van der Waals surface area contributed by atoms with Gasteiger partial charge < -0.3 is 14.6 Å². The number of rotatable bonds is 10. The van der Waals surface area contributed by atoms with Crippen molar-refractivity contribution in [2.24, 2.45) is 0 Å². The van der Waals surface area contributed by atoms with Gasteiger partial charge in [0.25, 0.3) is 5.91 Å². The number of nitrogens with zero attached hydrogens (tertiary/aromatic N) is 2. The normalized spacial score (nSPS) is 10.8. The maximum atomic E-state index is 12.5. The fourth-order valence-electron chi connectivity index (χ4n) is 3.89. The van der Waals surface area contributed by atoms with Crippen LogP contribution >= 0.6 is 0 Å². The molecule has 0 aliphatic carbocycles. The van der Waals surface area contributed by atoms with Gasteiger partial charge in [0.2, 0.25) is 5.88 Å². The van der Waals surface area contributed by atoms with Crippen LogP contribution in [-0.2, 0) is 0 Å². The molecule has 180 valence electrons. The second kappa shape index (κ2) is 11.4. The summed E-state index contributed by atoms with van der Waals surface area (Å²) in [7, 11) is 1.47. The van der Waals surface area contributed by atoms with Gasteiger partial charge in [0.15, 0.2) is 5.75 Å². The van der Waals surface area contributed by atoms with Crippen molar-refractivity contribution < 1.29 is 24.6 Å². The quantitative estimate of drug-likeness (QED) is 0.175. The van der Waals surface area contributed by atoms with Crippen molar-refractivity contribution in [1.29, 1.82) is 0 Å². The Morgan fingerprint density at radius 2 is 1.69 bits per heavy atom. The molecule has 0 aliphatic heterocycles. The number of carbonyl (C=O) groups is 1. The third-order valence-corrected chi connectivity index (χ3v) is 5.66. The average Bonchev–Trinajstić information content (AvgIpc) is 2.92. The Bertz CT molecular complexity index is 1290. The summed E-state index contributed by atoms with van der Waals surface area (Å²) in [6.07, 6.45) is 4.34. The molecule has 0 aliphatic rings. The highest BCUT2D eigenvalue weighted by atomic mass is 16.5. The molecule has 3 N–H and O–H groups in total. The minimum atomic E-state index is -0.667. The first-order valence-corrected chi connectivity index (χ1v) is 11.4. The van der Waals surface area contributed by atoms with E-state index in [2.05, 4.69) is 4.98 Å². The van der Waals surface area contributed by atoms with Crippen molar-refractivity contribution in [3.63, 3.8) is 0 Å². The molecule has 0 radical (unpaired) electrons. The molecule has 8 heteroatoms. The van der Waals surface area contributed by atoms with E-state index >= 15 is 0 Å². The highest BCUT2D eigenvalue weighted by molar-refractivity contribution is 6.10. The molecule has 4 rings (SSSR count). The third kappa shape index (κ3) is 5.40. The number of hydrogen-bond donors (Lipinski definition) is 3. The van der Waals surface area contributed by atoms with E-state index in [9.17, 15) is 10.0 Å². The van der Waals surface area contributed by atoms with Gasteiger partial charge in [0, 0.05) is 35.4 Å². The second-order valence-electron chi connectivity index (χ2n) is 7.92. The Morgan fingerprint density at radius 3 is 2.37 bits per heavy atom. The van der Waals surface area contributed by atoms with Gasteiger partial charge >= 0.3 is 0 Å². The SMILES string of the molecule is COc1c(-c2ccc(-c3ccc(OCCCCCO)nc3)cc2)nc2ccccc2c1C(=O)NO. The first-order valence-electron chi connectivity index (χ1n) is 11.4. The minimum Gasteiger partial charge on any atom is -0.494 e. The maximum absolute atomic E-state index is 12.5. The van der Waals surface area contributed by atoms with E-state index in [4.69, 9.17) is 19.6 Å². The number of aliphatic hydroxyl groups is 1. The fourth-order valence-corrected chi connectivity index (χ4v) is 3.89. The van der Waals surface area contributed by atoms with E-state index in [1.165, 1.54) is 7.11 Å². The molecule has 2 aromatic heterocycles. The first kappa shape index (κ1) is 24.1. The van der Waals surface area contributed by atoms with Gasteiger partial charge in [-0.25, -0.2) is 15.4 Å². The fraction of sp³-hybridized carbons (Fsp3) is 0.222. The van der Waals surface area contributed by atoms with Crippen LogP contribution in [0.25, 0.3) is 33.3 Å². The number of hydrogen-bond acceptors (Lipinski definition) is 7. The monoisotopic (exact) mass is 473 g/mol. The van der Waals surface area contributed by atoms with E-state index in [1.54, 1.807) is 23.8 Å².